The third-order valence-corrected chi connectivity index (χ3v) is 5.44. The third kappa shape index (κ3) is 4.35. The molecular formula is C20H26N2O5. The van der Waals surface area contributed by atoms with Gasteiger partial charge in [-0.05, 0) is 50.7 Å². The van der Waals surface area contributed by atoms with E-state index in [1.165, 1.54) is 12.8 Å². The Bertz CT molecular complexity index is 710. The maximum absolute atomic E-state index is 12.6. The van der Waals surface area contributed by atoms with E-state index in [4.69, 9.17) is 14.2 Å². The van der Waals surface area contributed by atoms with Crippen molar-refractivity contribution in [3.05, 3.63) is 18.2 Å². The Hall–Kier alpha value is -2.28. The molecule has 1 saturated carbocycles. The van der Waals surface area contributed by atoms with Crippen LogP contribution in [0.25, 0.3) is 0 Å². The van der Waals surface area contributed by atoms with Crippen LogP contribution >= 0.6 is 0 Å². The van der Waals surface area contributed by atoms with Gasteiger partial charge in [0.05, 0.1) is 6.61 Å². The second kappa shape index (κ2) is 7.76. The fourth-order valence-corrected chi connectivity index (χ4v) is 3.47. The number of piperidine rings is 1. The Kier molecular flexibility index (Phi) is 5.20. The minimum atomic E-state index is -0.399. The summed E-state index contributed by atoms with van der Waals surface area (Å²) >= 11 is 0. The van der Waals surface area contributed by atoms with Gasteiger partial charge in [-0.25, -0.2) is 0 Å². The van der Waals surface area contributed by atoms with Gasteiger partial charge in [0, 0.05) is 30.8 Å². The second-order valence-corrected chi connectivity index (χ2v) is 7.58. The molecule has 1 aliphatic carbocycles. The Morgan fingerprint density at radius 1 is 1.19 bits per heavy atom. The molecule has 146 valence electrons. The number of fused-ring (bicyclic) bond motifs is 1. The molecule has 2 heterocycles. The Morgan fingerprint density at radius 3 is 2.67 bits per heavy atom. The molecule has 7 heteroatoms. The first-order valence-corrected chi connectivity index (χ1v) is 9.71. The van der Waals surface area contributed by atoms with Gasteiger partial charge in [0.2, 0.25) is 12.7 Å². The predicted octanol–water partition coefficient (Wildman–Crippen LogP) is 2.41. The number of carbonyl (C=O) groups excluding carboxylic acids is 2. The van der Waals surface area contributed by atoms with E-state index in [0.717, 1.165) is 0 Å². The number of benzene rings is 1. The number of hydrogen-bond donors (Lipinski definition) is 1. The van der Waals surface area contributed by atoms with Crippen molar-refractivity contribution in [3.63, 3.8) is 0 Å². The molecule has 4 rings (SSSR count). The second-order valence-electron chi connectivity index (χ2n) is 7.58. The summed E-state index contributed by atoms with van der Waals surface area (Å²) in [5.41, 5.74) is 0.699. The van der Waals surface area contributed by atoms with E-state index in [1.54, 1.807) is 12.1 Å². The molecule has 2 fully saturated rings. The monoisotopic (exact) mass is 374 g/mol. The Morgan fingerprint density at radius 2 is 1.93 bits per heavy atom. The molecule has 1 aromatic carbocycles. The van der Waals surface area contributed by atoms with Crippen LogP contribution in [0, 0.1) is 11.8 Å². The molecule has 1 unspecified atom stereocenters. The van der Waals surface area contributed by atoms with Crippen LogP contribution in [0.2, 0.25) is 0 Å². The van der Waals surface area contributed by atoms with Gasteiger partial charge >= 0.3 is 0 Å². The number of nitrogens with zero attached hydrogens (tertiary/aromatic N) is 1. The van der Waals surface area contributed by atoms with Crippen LogP contribution in [0.15, 0.2) is 18.2 Å². The van der Waals surface area contributed by atoms with Gasteiger partial charge in [0.15, 0.2) is 11.5 Å². The molecule has 0 spiro atoms. The van der Waals surface area contributed by atoms with E-state index in [1.807, 2.05) is 17.9 Å². The normalized spacial score (nSPS) is 20.4. The molecule has 0 aromatic heterocycles. The van der Waals surface area contributed by atoms with E-state index in [9.17, 15) is 9.59 Å². The highest BCUT2D eigenvalue weighted by molar-refractivity contribution is 5.93. The van der Waals surface area contributed by atoms with Crippen LogP contribution in [0.3, 0.4) is 0 Å². The van der Waals surface area contributed by atoms with Crippen molar-refractivity contribution in [2.24, 2.45) is 11.8 Å². The van der Waals surface area contributed by atoms with Gasteiger partial charge in [-0.2, -0.15) is 0 Å². The SMILES string of the molecule is CC(OCC1CC1)C(=O)N1CCC(C(=O)Nc2ccc3c(c2)OCO3)CC1. The van der Waals surface area contributed by atoms with E-state index in [2.05, 4.69) is 5.32 Å². The number of amides is 2. The maximum atomic E-state index is 12.6. The van der Waals surface area contributed by atoms with Crippen molar-refractivity contribution in [2.45, 2.75) is 38.7 Å². The standard InChI is InChI=1S/C20H26N2O5/c1-13(25-11-14-2-3-14)20(24)22-8-6-15(7-9-22)19(23)21-16-4-5-17-18(10-16)27-12-26-17/h4-5,10,13-15H,2-3,6-9,11-12H2,1H3,(H,21,23). The molecule has 1 aromatic rings. The van der Waals surface area contributed by atoms with Crippen LogP contribution < -0.4 is 14.8 Å². The van der Waals surface area contributed by atoms with Crippen molar-refractivity contribution < 1.29 is 23.8 Å². The molecule has 1 N–H and O–H groups in total. The van der Waals surface area contributed by atoms with Crippen molar-refractivity contribution in [1.29, 1.82) is 0 Å². The lowest BCUT2D eigenvalue weighted by Crippen LogP contribution is -2.45. The number of likely N-dealkylation sites (tertiary alicyclic amines) is 1. The molecular weight excluding hydrogens is 348 g/mol. The van der Waals surface area contributed by atoms with E-state index in [-0.39, 0.29) is 24.5 Å². The number of carbonyl (C=O) groups is 2. The smallest absolute Gasteiger partial charge is 0.251 e. The summed E-state index contributed by atoms with van der Waals surface area (Å²) in [6.07, 6.45) is 3.36. The van der Waals surface area contributed by atoms with Crippen LogP contribution in [0.1, 0.15) is 32.6 Å². The Labute approximate surface area is 158 Å². The van der Waals surface area contributed by atoms with Gasteiger partial charge in [-0.3, -0.25) is 9.59 Å². The number of anilines is 1. The minimum Gasteiger partial charge on any atom is -0.454 e. The van der Waals surface area contributed by atoms with Gasteiger partial charge in [0.25, 0.3) is 5.91 Å². The van der Waals surface area contributed by atoms with Gasteiger partial charge in [-0.15, -0.1) is 0 Å². The van der Waals surface area contributed by atoms with E-state index >= 15 is 0 Å². The lowest BCUT2D eigenvalue weighted by atomic mass is 9.95. The molecule has 2 aliphatic heterocycles. The molecule has 7 nitrogen and oxygen atoms in total. The third-order valence-electron chi connectivity index (χ3n) is 5.44. The first-order valence-electron chi connectivity index (χ1n) is 9.71. The summed E-state index contributed by atoms with van der Waals surface area (Å²) in [6.45, 7) is 3.90. The van der Waals surface area contributed by atoms with Crippen LogP contribution in [0.4, 0.5) is 5.69 Å². The highest BCUT2D eigenvalue weighted by Gasteiger charge is 2.31. The molecule has 1 atom stereocenters. The summed E-state index contributed by atoms with van der Waals surface area (Å²) in [7, 11) is 0. The average Bonchev–Trinajstić information content (AvgIpc) is 3.41. The summed E-state index contributed by atoms with van der Waals surface area (Å²) in [5, 5.41) is 2.95. The predicted molar refractivity (Wildman–Crippen MR) is 98.6 cm³/mol. The molecule has 1 saturated heterocycles. The summed E-state index contributed by atoms with van der Waals surface area (Å²) in [5.74, 6) is 1.91. The fourth-order valence-electron chi connectivity index (χ4n) is 3.47. The van der Waals surface area contributed by atoms with E-state index in [0.29, 0.717) is 55.6 Å². The molecule has 3 aliphatic rings. The zero-order chi connectivity index (χ0) is 18.8. The van der Waals surface area contributed by atoms with Crippen LogP contribution in [-0.4, -0.2) is 49.3 Å². The lowest BCUT2D eigenvalue weighted by molar-refractivity contribution is -0.145. The summed E-state index contributed by atoms with van der Waals surface area (Å²) < 4.78 is 16.3. The average molecular weight is 374 g/mol. The van der Waals surface area contributed by atoms with Gasteiger partial charge in [-0.1, -0.05) is 0 Å². The van der Waals surface area contributed by atoms with Crippen LogP contribution in [-0.2, 0) is 14.3 Å². The van der Waals surface area contributed by atoms with Crippen molar-refractivity contribution >= 4 is 17.5 Å². The minimum absolute atomic E-state index is 0.0148. The number of hydrogen-bond acceptors (Lipinski definition) is 5. The largest absolute Gasteiger partial charge is 0.454 e. The number of nitrogens with one attached hydrogen (secondary N) is 1. The summed E-state index contributed by atoms with van der Waals surface area (Å²) in [4.78, 5) is 26.9. The Balaban J connectivity index is 1.24. The molecule has 0 bridgehead atoms. The quantitative estimate of drug-likeness (QED) is 0.827. The van der Waals surface area contributed by atoms with Crippen molar-refractivity contribution in [1.82, 2.24) is 4.90 Å². The number of rotatable bonds is 6. The lowest BCUT2D eigenvalue weighted by Gasteiger charge is -2.33. The topological polar surface area (TPSA) is 77.1 Å². The number of ether oxygens (including phenoxy) is 3. The van der Waals surface area contributed by atoms with Gasteiger partial charge < -0.3 is 24.4 Å². The summed E-state index contributed by atoms with van der Waals surface area (Å²) in [6, 6.07) is 5.38. The van der Waals surface area contributed by atoms with E-state index < -0.39 is 6.10 Å². The van der Waals surface area contributed by atoms with Crippen molar-refractivity contribution in [2.75, 3.05) is 31.8 Å². The highest BCUT2D eigenvalue weighted by Crippen LogP contribution is 2.34. The molecule has 27 heavy (non-hydrogen) atoms. The van der Waals surface area contributed by atoms with Crippen molar-refractivity contribution in [3.8, 4) is 11.5 Å². The zero-order valence-corrected chi connectivity index (χ0v) is 15.6. The maximum Gasteiger partial charge on any atom is 0.251 e. The van der Waals surface area contributed by atoms with Gasteiger partial charge in [0.1, 0.15) is 6.10 Å². The molecule has 0 radical (unpaired) electrons. The van der Waals surface area contributed by atoms with Crippen LogP contribution in [0.5, 0.6) is 11.5 Å². The first kappa shape index (κ1) is 18.1. The highest BCUT2D eigenvalue weighted by atomic mass is 16.7. The first-order chi connectivity index (χ1) is 13.1. The fraction of sp³-hybridized carbons (Fsp3) is 0.600. The molecule has 2 amide bonds. The zero-order valence-electron chi connectivity index (χ0n) is 15.6.